The highest BCUT2D eigenvalue weighted by Gasteiger charge is 2.72. The first kappa shape index (κ1) is 39.8. The summed E-state index contributed by atoms with van der Waals surface area (Å²) in [6.45, 7) is 4.64. The molecule has 0 amide bonds. The largest absolute Gasteiger partial charge is 0.129 e. The molecule has 5 saturated carbocycles. The molecule has 0 aliphatic heterocycles. The number of alkyl halides is 2. The first-order valence-corrected chi connectivity index (χ1v) is 23.6. The predicted octanol–water partition coefficient (Wildman–Crippen LogP) is 16.6. The number of halogens is 2. The van der Waals surface area contributed by atoms with Crippen molar-refractivity contribution in [2.45, 2.75) is 243 Å². The average molecular weight is 706 g/mol. The second kappa shape index (κ2) is 20.1. The summed E-state index contributed by atoms with van der Waals surface area (Å²) in [4.78, 5) is 0. The summed E-state index contributed by atoms with van der Waals surface area (Å²) in [5, 5.41) is 0. The molecular weight excluding hydrogens is 623 g/mol. The first-order chi connectivity index (χ1) is 23.4. The van der Waals surface area contributed by atoms with Gasteiger partial charge in [0.15, 0.2) is 0 Å². The Balaban J connectivity index is 0.928. The van der Waals surface area contributed by atoms with Gasteiger partial charge in [-0.25, -0.2) is 0 Å². The molecule has 0 N–H and O–H groups in total. The van der Waals surface area contributed by atoms with Crippen molar-refractivity contribution in [1.82, 2.24) is 0 Å². The SMILES string of the molecule is CCCCCCCCCCC1CCC(C2CCC3(CC2)CC2(CCC(C4CCC(CCCCCCCCCC)CC4)CC2)C3(Cl)Cl)CC1. The Morgan fingerprint density at radius 2 is 0.667 bits per heavy atom. The molecule has 48 heavy (non-hydrogen) atoms. The van der Waals surface area contributed by atoms with Crippen molar-refractivity contribution in [1.29, 1.82) is 0 Å². The molecule has 0 aromatic heterocycles. The third kappa shape index (κ3) is 10.4. The fraction of sp³-hybridized carbons (Fsp3) is 1.00. The minimum Gasteiger partial charge on any atom is -0.100 e. The van der Waals surface area contributed by atoms with Gasteiger partial charge in [-0.15, -0.1) is 23.2 Å². The van der Waals surface area contributed by atoms with E-state index in [-0.39, 0.29) is 10.8 Å². The Kier molecular flexibility index (Phi) is 16.7. The van der Waals surface area contributed by atoms with Crippen LogP contribution in [-0.2, 0) is 0 Å². The molecule has 0 aromatic rings. The van der Waals surface area contributed by atoms with Crippen LogP contribution in [-0.4, -0.2) is 4.33 Å². The van der Waals surface area contributed by atoms with Gasteiger partial charge < -0.3 is 0 Å². The molecule has 5 aliphatic carbocycles. The van der Waals surface area contributed by atoms with E-state index >= 15 is 0 Å². The van der Waals surface area contributed by atoms with Crippen LogP contribution in [0.2, 0.25) is 0 Å². The van der Waals surface area contributed by atoms with E-state index in [0.29, 0.717) is 0 Å². The maximum Gasteiger partial charge on any atom is 0.129 e. The minimum atomic E-state index is -0.461. The summed E-state index contributed by atoms with van der Waals surface area (Å²) in [6.07, 6.45) is 50.7. The van der Waals surface area contributed by atoms with Gasteiger partial charge in [-0.3, -0.25) is 0 Å². The molecular formula is C46H82Cl2. The Labute approximate surface area is 311 Å². The molecule has 2 heteroatoms. The predicted molar refractivity (Wildman–Crippen MR) is 213 cm³/mol. The van der Waals surface area contributed by atoms with Crippen molar-refractivity contribution in [2.24, 2.45) is 46.3 Å². The molecule has 0 aromatic carbocycles. The van der Waals surface area contributed by atoms with Gasteiger partial charge in [0.1, 0.15) is 4.33 Å². The zero-order valence-corrected chi connectivity index (χ0v) is 34.0. The Hall–Kier alpha value is 0.580. The maximum absolute atomic E-state index is 7.55. The highest BCUT2D eigenvalue weighted by Crippen LogP contribution is 2.77. The molecule has 0 heterocycles. The van der Waals surface area contributed by atoms with E-state index in [2.05, 4.69) is 13.8 Å². The van der Waals surface area contributed by atoms with E-state index in [9.17, 15) is 0 Å². The summed E-state index contributed by atoms with van der Waals surface area (Å²) in [5.41, 5.74) is 0.474. The monoisotopic (exact) mass is 705 g/mol. The summed E-state index contributed by atoms with van der Waals surface area (Å²) in [5.74, 6) is 5.98. The van der Waals surface area contributed by atoms with Crippen LogP contribution in [0.5, 0.6) is 0 Å². The van der Waals surface area contributed by atoms with Crippen LogP contribution < -0.4 is 0 Å². The Bertz CT molecular complexity index is 777. The molecule has 5 rings (SSSR count). The van der Waals surface area contributed by atoms with Crippen LogP contribution in [0.4, 0.5) is 0 Å². The van der Waals surface area contributed by atoms with E-state index in [1.54, 1.807) is 0 Å². The van der Waals surface area contributed by atoms with Gasteiger partial charge in [0.2, 0.25) is 0 Å². The van der Waals surface area contributed by atoms with Crippen LogP contribution in [0.1, 0.15) is 239 Å². The van der Waals surface area contributed by atoms with E-state index < -0.39 is 4.33 Å². The van der Waals surface area contributed by atoms with Gasteiger partial charge in [-0.2, -0.15) is 0 Å². The lowest BCUT2D eigenvalue weighted by molar-refractivity contribution is -0.122. The highest BCUT2D eigenvalue weighted by molar-refractivity contribution is 6.50. The van der Waals surface area contributed by atoms with Crippen molar-refractivity contribution < 1.29 is 0 Å². The van der Waals surface area contributed by atoms with Gasteiger partial charge in [-0.05, 0) is 119 Å². The van der Waals surface area contributed by atoms with Crippen molar-refractivity contribution in [3.05, 3.63) is 0 Å². The average Bonchev–Trinajstić information content (AvgIpc) is 3.12. The topological polar surface area (TPSA) is 0 Å². The van der Waals surface area contributed by atoms with Crippen molar-refractivity contribution in [3.63, 3.8) is 0 Å². The third-order valence-corrected chi connectivity index (χ3v) is 17.6. The van der Waals surface area contributed by atoms with Crippen LogP contribution in [0.25, 0.3) is 0 Å². The molecule has 5 aliphatic rings. The second-order valence-corrected chi connectivity index (χ2v) is 20.4. The number of hydrogen-bond donors (Lipinski definition) is 0. The smallest absolute Gasteiger partial charge is 0.100 e. The molecule has 5 fully saturated rings. The van der Waals surface area contributed by atoms with Gasteiger partial charge in [0, 0.05) is 10.8 Å². The lowest BCUT2D eigenvalue weighted by Crippen LogP contribution is -2.66. The fourth-order valence-electron chi connectivity index (χ4n) is 12.7. The molecule has 2 spiro atoms. The summed E-state index contributed by atoms with van der Waals surface area (Å²) in [6, 6.07) is 0. The van der Waals surface area contributed by atoms with Crippen molar-refractivity contribution >= 4 is 23.2 Å². The molecule has 0 radical (unpaired) electrons. The lowest BCUT2D eigenvalue weighted by atomic mass is 9.42. The van der Waals surface area contributed by atoms with E-state index in [4.69, 9.17) is 23.2 Å². The third-order valence-electron chi connectivity index (χ3n) is 16.0. The zero-order valence-electron chi connectivity index (χ0n) is 32.5. The number of rotatable bonds is 20. The van der Waals surface area contributed by atoms with Crippen LogP contribution in [0.3, 0.4) is 0 Å². The fourth-order valence-corrected chi connectivity index (χ4v) is 13.7. The molecule has 0 saturated heterocycles. The van der Waals surface area contributed by atoms with Gasteiger partial charge in [-0.1, -0.05) is 155 Å². The van der Waals surface area contributed by atoms with Gasteiger partial charge in [0.25, 0.3) is 0 Å². The molecule has 0 nitrogen and oxygen atoms in total. The summed E-state index contributed by atoms with van der Waals surface area (Å²) < 4.78 is -0.461. The first-order valence-electron chi connectivity index (χ1n) is 22.8. The molecule has 0 atom stereocenters. The van der Waals surface area contributed by atoms with Crippen molar-refractivity contribution in [3.8, 4) is 0 Å². The standard InChI is InChI=1S/C46H82Cl2/c1-3-5-7-9-11-13-15-17-19-38-21-25-40(26-22-38)42-29-33-44(34-30-42)37-45(46(44,47)48)35-31-43(32-36-45)41-27-23-39(24-28-41)20-18-16-14-12-10-8-6-4-2/h38-43H,3-37H2,1-2H3. The normalized spacial score (nSPS) is 36.8. The number of hydrogen-bond acceptors (Lipinski definition) is 0. The molecule has 0 unspecified atom stereocenters. The van der Waals surface area contributed by atoms with E-state index in [1.165, 1.54) is 225 Å². The molecule has 280 valence electrons. The maximum atomic E-state index is 7.55. The van der Waals surface area contributed by atoms with Crippen LogP contribution in [0.15, 0.2) is 0 Å². The number of unbranched alkanes of at least 4 members (excludes halogenated alkanes) is 14. The quantitative estimate of drug-likeness (QED) is 0.0874. The van der Waals surface area contributed by atoms with Gasteiger partial charge >= 0.3 is 0 Å². The molecule has 0 bridgehead atoms. The van der Waals surface area contributed by atoms with E-state index in [1.807, 2.05) is 0 Å². The van der Waals surface area contributed by atoms with E-state index in [0.717, 1.165) is 35.5 Å². The zero-order chi connectivity index (χ0) is 33.7. The summed E-state index contributed by atoms with van der Waals surface area (Å²) in [7, 11) is 0. The Morgan fingerprint density at radius 3 is 0.979 bits per heavy atom. The lowest BCUT2D eigenvalue weighted by Gasteiger charge is -2.69. The highest BCUT2D eigenvalue weighted by atomic mass is 35.5. The van der Waals surface area contributed by atoms with Crippen LogP contribution in [0, 0.1) is 46.3 Å². The van der Waals surface area contributed by atoms with Gasteiger partial charge in [0.05, 0.1) is 0 Å². The minimum absolute atomic E-state index is 0.237. The summed E-state index contributed by atoms with van der Waals surface area (Å²) >= 11 is 15.1. The van der Waals surface area contributed by atoms with Crippen LogP contribution >= 0.6 is 23.2 Å². The van der Waals surface area contributed by atoms with Crippen molar-refractivity contribution in [2.75, 3.05) is 0 Å². The Morgan fingerprint density at radius 1 is 0.375 bits per heavy atom. The second-order valence-electron chi connectivity index (χ2n) is 19.1.